The number of carbonyl (C=O) groups is 1. The molecule has 6 nitrogen and oxygen atoms in total. The number of benzene rings is 4. The number of rotatable bonds is 10. The zero-order valence-corrected chi connectivity index (χ0v) is 23.9. The molecule has 0 amide bonds. The Hall–Kier alpha value is -3.89. The van der Waals surface area contributed by atoms with E-state index in [2.05, 4.69) is 0 Å². The van der Waals surface area contributed by atoms with Crippen LogP contribution in [0.15, 0.2) is 103 Å². The van der Waals surface area contributed by atoms with Gasteiger partial charge in [-0.15, -0.1) is 0 Å². The fourth-order valence-electron chi connectivity index (χ4n) is 5.20. The van der Waals surface area contributed by atoms with Crippen molar-refractivity contribution < 1.29 is 41.8 Å². The standard InChI is InChI=1S/C31H24F4NO5PS/c32-30(33,28(37)38)23-14-10-20(11-15-23)18-29(22-6-2-1-3-7-22,27-25-8-4-5-9-26(25)43-36-27)19-21-12-16-24(17-13-21)31(34,35)42(39,40)41/h1-17H,18-19H2,(H,37,38)(H2,39,40,41). The van der Waals surface area contributed by atoms with Crippen molar-refractivity contribution in [3.63, 3.8) is 0 Å². The second-order valence-corrected chi connectivity index (χ2v) is 12.6. The maximum absolute atomic E-state index is 14.4. The van der Waals surface area contributed by atoms with Crippen LogP contribution in [-0.4, -0.2) is 25.2 Å². The average Bonchev–Trinajstić information content (AvgIpc) is 3.42. The summed E-state index contributed by atoms with van der Waals surface area (Å²) < 4.78 is 74.3. The molecule has 3 N–H and O–H groups in total. The van der Waals surface area contributed by atoms with Gasteiger partial charge in [-0.1, -0.05) is 97.1 Å². The predicted molar refractivity (Wildman–Crippen MR) is 155 cm³/mol. The van der Waals surface area contributed by atoms with Gasteiger partial charge in [-0.25, -0.2) is 4.79 Å². The summed E-state index contributed by atoms with van der Waals surface area (Å²) in [6, 6.07) is 26.5. The number of hydrogen-bond acceptors (Lipinski definition) is 4. The fraction of sp³-hybridized carbons (Fsp3) is 0.161. The topological polar surface area (TPSA) is 108 Å². The van der Waals surface area contributed by atoms with Crippen LogP contribution in [0.5, 0.6) is 0 Å². The summed E-state index contributed by atoms with van der Waals surface area (Å²) in [5.41, 5.74) is -4.22. The van der Waals surface area contributed by atoms with Gasteiger partial charge in [0.1, 0.15) is 0 Å². The van der Waals surface area contributed by atoms with Crippen molar-refractivity contribution >= 4 is 35.2 Å². The minimum atomic E-state index is -5.76. The lowest BCUT2D eigenvalue weighted by atomic mass is 9.68. The van der Waals surface area contributed by atoms with Gasteiger partial charge in [-0.05, 0) is 47.1 Å². The van der Waals surface area contributed by atoms with Gasteiger partial charge in [-0.3, -0.25) is 4.57 Å². The van der Waals surface area contributed by atoms with Gasteiger partial charge < -0.3 is 14.9 Å². The van der Waals surface area contributed by atoms with Gasteiger partial charge >= 0.3 is 25.2 Å². The smallest absolute Gasteiger partial charge is 0.399 e. The molecule has 0 saturated heterocycles. The molecular weight excluding hydrogens is 605 g/mol. The zero-order chi connectivity index (χ0) is 31.0. The Morgan fingerprint density at radius 3 is 1.77 bits per heavy atom. The Morgan fingerprint density at radius 1 is 0.721 bits per heavy atom. The Bertz CT molecular complexity index is 1810. The molecule has 0 aliphatic rings. The van der Waals surface area contributed by atoms with E-state index in [1.807, 2.05) is 54.6 Å². The first-order valence-electron chi connectivity index (χ1n) is 12.9. The zero-order valence-electron chi connectivity index (χ0n) is 22.2. The number of nitrogens with zero attached hydrogens (tertiary/aromatic N) is 1. The number of halogens is 4. The number of aliphatic carboxylic acids is 1. The van der Waals surface area contributed by atoms with Crippen LogP contribution in [0.1, 0.15) is 33.5 Å². The first-order chi connectivity index (χ1) is 20.3. The van der Waals surface area contributed by atoms with E-state index in [-0.39, 0.29) is 12.8 Å². The predicted octanol–water partition coefficient (Wildman–Crippen LogP) is 7.47. The van der Waals surface area contributed by atoms with E-state index in [9.17, 15) is 26.9 Å². The van der Waals surface area contributed by atoms with Crippen molar-refractivity contribution in [1.29, 1.82) is 0 Å². The molecule has 12 heteroatoms. The van der Waals surface area contributed by atoms with Crippen LogP contribution in [0, 0.1) is 0 Å². The van der Waals surface area contributed by atoms with E-state index in [4.69, 9.17) is 19.3 Å². The van der Waals surface area contributed by atoms with E-state index in [0.29, 0.717) is 16.8 Å². The minimum Gasteiger partial charge on any atom is -0.477 e. The highest BCUT2D eigenvalue weighted by atomic mass is 32.1. The van der Waals surface area contributed by atoms with E-state index in [1.54, 1.807) is 0 Å². The third-order valence-corrected chi connectivity index (χ3v) is 9.24. The monoisotopic (exact) mass is 629 g/mol. The lowest BCUT2D eigenvalue weighted by Gasteiger charge is -2.34. The first kappa shape index (κ1) is 30.6. The van der Waals surface area contributed by atoms with E-state index in [1.165, 1.54) is 35.8 Å². The Morgan fingerprint density at radius 2 is 1.23 bits per heavy atom. The van der Waals surface area contributed by atoms with E-state index >= 15 is 0 Å². The Labute approximate surface area is 247 Å². The number of carboxylic acids is 1. The molecule has 0 saturated carbocycles. The van der Waals surface area contributed by atoms with Crippen LogP contribution in [0.25, 0.3) is 10.1 Å². The summed E-state index contributed by atoms with van der Waals surface area (Å²) in [6.07, 6.45) is 0.406. The van der Waals surface area contributed by atoms with Crippen molar-refractivity contribution in [1.82, 2.24) is 4.37 Å². The SMILES string of the molecule is O=C(O)C(F)(F)c1ccc(CC(Cc2ccc(C(F)(F)P(=O)(O)O)cc2)(c2ccccc2)c2nsc3ccccc23)cc1. The van der Waals surface area contributed by atoms with Crippen molar-refractivity contribution in [2.45, 2.75) is 29.8 Å². The Balaban J connectivity index is 1.67. The van der Waals surface area contributed by atoms with E-state index in [0.717, 1.165) is 39.9 Å². The van der Waals surface area contributed by atoms with Crippen LogP contribution in [0.2, 0.25) is 0 Å². The molecule has 1 atom stereocenters. The van der Waals surface area contributed by atoms with Gasteiger partial charge in [0.2, 0.25) is 0 Å². The van der Waals surface area contributed by atoms with Gasteiger partial charge in [0.15, 0.2) is 0 Å². The van der Waals surface area contributed by atoms with Crippen LogP contribution in [0.3, 0.4) is 0 Å². The molecule has 1 unspecified atom stereocenters. The van der Waals surface area contributed by atoms with Crippen LogP contribution in [-0.2, 0) is 39.2 Å². The molecule has 5 rings (SSSR count). The summed E-state index contributed by atoms with van der Waals surface area (Å²) in [5.74, 6) is -6.34. The van der Waals surface area contributed by atoms with Gasteiger partial charge in [0.05, 0.1) is 10.4 Å². The molecule has 0 radical (unpaired) electrons. The highest BCUT2D eigenvalue weighted by molar-refractivity contribution is 7.52. The lowest BCUT2D eigenvalue weighted by molar-refractivity contribution is -0.166. The molecule has 0 bridgehead atoms. The number of fused-ring (bicyclic) bond motifs is 1. The van der Waals surface area contributed by atoms with Gasteiger partial charge in [-0.2, -0.15) is 21.9 Å². The molecule has 0 aliphatic heterocycles. The molecule has 1 heterocycles. The van der Waals surface area contributed by atoms with E-state index < -0.39 is 41.7 Å². The maximum Gasteiger partial charge on any atom is 0.399 e. The molecule has 5 aromatic rings. The molecule has 222 valence electrons. The summed E-state index contributed by atoms with van der Waals surface area (Å²) in [6.45, 7) is 0. The van der Waals surface area contributed by atoms with Crippen molar-refractivity contribution in [2.24, 2.45) is 0 Å². The molecule has 43 heavy (non-hydrogen) atoms. The number of aromatic nitrogens is 1. The molecular formula is C31H24F4NO5PS. The molecule has 4 aromatic carbocycles. The van der Waals surface area contributed by atoms with Crippen LogP contribution >= 0.6 is 19.1 Å². The second kappa shape index (κ2) is 11.3. The summed E-state index contributed by atoms with van der Waals surface area (Å²) >= 11 is 1.27. The lowest BCUT2D eigenvalue weighted by Crippen LogP contribution is -2.34. The number of alkyl halides is 4. The van der Waals surface area contributed by atoms with Crippen molar-refractivity contribution in [3.05, 3.63) is 137 Å². The second-order valence-electron chi connectivity index (χ2n) is 10.2. The van der Waals surface area contributed by atoms with Gasteiger partial charge in [0.25, 0.3) is 0 Å². The molecule has 0 spiro atoms. The molecule has 0 fully saturated rings. The largest absolute Gasteiger partial charge is 0.477 e. The quantitative estimate of drug-likeness (QED) is 0.109. The molecule has 1 aromatic heterocycles. The Kier molecular flexibility index (Phi) is 8.04. The van der Waals surface area contributed by atoms with Crippen LogP contribution in [0.4, 0.5) is 17.6 Å². The summed E-state index contributed by atoms with van der Waals surface area (Å²) in [4.78, 5) is 29.4. The third kappa shape index (κ3) is 5.73. The summed E-state index contributed by atoms with van der Waals surface area (Å²) in [7, 11) is -5.76. The van der Waals surface area contributed by atoms with Crippen LogP contribution < -0.4 is 0 Å². The van der Waals surface area contributed by atoms with Crippen molar-refractivity contribution in [2.75, 3.05) is 0 Å². The van der Waals surface area contributed by atoms with Gasteiger partial charge in [0, 0.05) is 21.9 Å². The normalized spacial score (nSPS) is 14.0. The molecule has 0 aliphatic carbocycles. The highest BCUT2D eigenvalue weighted by Crippen LogP contribution is 2.59. The first-order valence-corrected chi connectivity index (χ1v) is 15.3. The number of hydrogen-bond donors (Lipinski definition) is 3. The fourth-order valence-corrected chi connectivity index (χ4v) is 6.55. The maximum atomic E-state index is 14.4. The minimum absolute atomic E-state index is 0.194. The van der Waals surface area contributed by atoms with Crippen molar-refractivity contribution in [3.8, 4) is 0 Å². The number of carboxylic acid groups (broad SMARTS) is 1. The average molecular weight is 630 g/mol. The highest BCUT2D eigenvalue weighted by Gasteiger charge is 2.50. The third-order valence-electron chi connectivity index (χ3n) is 7.42. The summed E-state index contributed by atoms with van der Waals surface area (Å²) in [5, 5.41) is 9.80.